The zero-order valence-corrected chi connectivity index (χ0v) is 39.3. The van der Waals surface area contributed by atoms with Crippen LogP contribution in [0.15, 0.2) is 170 Å². The summed E-state index contributed by atoms with van der Waals surface area (Å²) in [4.78, 5) is 2.64. The molecular weight excluding hydrogens is 751 g/mol. The molecule has 5 heteroatoms. The Labute approximate surface area is 358 Å². The number of benzene rings is 6. The van der Waals surface area contributed by atoms with Crippen LogP contribution in [0.1, 0.15) is 91.8 Å². The van der Waals surface area contributed by atoms with Crippen LogP contribution in [-0.2, 0) is 17.5 Å². The lowest BCUT2D eigenvalue weighted by molar-refractivity contribution is 0.163. The van der Waals surface area contributed by atoms with Crippen LogP contribution in [0.5, 0.6) is 5.75 Å². The molecule has 0 fully saturated rings. The minimum atomic E-state index is -2.93. The smallest absolute Gasteiger partial charge is 0.319 e. The van der Waals surface area contributed by atoms with Gasteiger partial charge in [0.1, 0.15) is 5.75 Å². The van der Waals surface area contributed by atoms with E-state index in [1.54, 1.807) is 0 Å². The molecule has 6 aromatic rings. The summed E-state index contributed by atoms with van der Waals surface area (Å²) in [6.07, 6.45) is 0.834. The molecule has 6 aromatic carbocycles. The van der Waals surface area contributed by atoms with Gasteiger partial charge in [-0.3, -0.25) is 4.90 Å². The van der Waals surface area contributed by atoms with Crippen molar-refractivity contribution in [2.24, 2.45) is 0 Å². The molecule has 59 heavy (non-hydrogen) atoms. The average Bonchev–Trinajstić information content (AvgIpc) is 3.22. The zero-order chi connectivity index (χ0) is 42.3. The fourth-order valence-corrected chi connectivity index (χ4v) is 18.3. The molecule has 0 bridgehead atoms. The Balaban J connectivity index is 1.53. The summed E-state index contributed by atoms with van der Waals surface area (Å²) in [5, 5.41) is 4.82. The topological polar surface area (TPSA) is 21.7 Å². The third-order valence-electron chi connectivity index (χ3n) is 12.2. The largest absolute Gasteiger partial charge is 0.534 e. The Hall–Kier alpha value is -4.53. The van der Waals surface area contributed by atoms with E-state index in [9.17, 15) is 0 Å². The molecule has 0 N–H and O–H groups in total. The van der Waals surface area contributed by atoms with Gasteiger partial charge in [-0.25, -0.2) is 0 Å². The Morgan fingerprint density at radius 3 is 1.27 bits per heavy atom. The van der Waals surface area contributed by atoms with E-state index < -0.39 is 16.6 Å². The molecule has 0 spiro atoms. The maximum atomic E-state index is 7.89. The lowest BCUT2D eigenvalue weighted by Gasteiger charge is -2.44. The van der Waals surface area contributed by atoms with Gasteiger partial charge < -0.3 is 8.85 Å². The second-order valence-corrected chi connectivity index (χ2v) is 27.4. The Morgan fingerprint density at radius 1 is 0.492 bits per heavy atom. The lowest BCUT2D eigenvalue weighted by Crippen LogP contribution is -2.68. The van der Waals surface area contributed by atoms with Gasteiger partial charge in [0, 0.05) is 24.5 Å². The third kappa shape index (κ3) is 9.60. The maximum absolute atomic E-state index is 7.89. The molecule has 0 heterocycles. The molecule has 0 aliphatic heterocycles. The van der Waals surface area contributed by atoms with Crippen molar-refractivity contribution in [1.82, 2.24) is 4.90 Å². The number of rotatable bonds is 16. The quantitative estimate of drug-likeness (QED) is 0.0908. The highest BCUT2D eigenvalue weighted by molar-refractivity contribution is 7.00. The molecule has 0 aromatic heterocycles. The van der Waals surface area contributed by atoms with Crippen molar-refractivity contribution in [1.29, 1.82) is 0 Å². The van der Waals surface area contributed by atoms with Gasteiger partial charge in [-0.15, -0.1) is 0 Å². The minimum absolute atomic E-state index is 0.125. The maximum Gasteiger partial charge on any atom is 0.319 e. The van der Waals surface area contributed by atoms with Crippen LogP contribution in [0.2, 0.25) is 10.1 Å². The Bertz CT molecular complexity index is 2090. The molecule has 6 rings (SSSR count). The van der Waals surface area contributed by atoms with Crippen LogP contribution in [-0.4, -0.2) is 40.2 Å². The van der Waals surface area contributed by atoms with E-state index in [1.165, 1.54) is 37.4 Å². The molecule has 0 aliphatic rings. The fourth-order valence-electron chi connectivity index (χ4n) is 9.30. The molecule has 0 amide bonds. The van der Waals surface area contributed by atoms with Crippen LogP contribution in [0.25, 0.3) is 0 Å². The van der Waals surface area contributed by atoms with Crippen molar-refractivity contribution in [3.05, 3.63) is 187 Å². The third-order valence-corrected chi connectivity index (χ3v) is 22.1. The van der Waals surface area contributed by atoms with Gasteiger partial charge in [0.25, 0.3) is 8.32 Å². The van der Waals surface area contributed by atoms with Crippen molar-refractivity contribution >= 4 is 37.4 Å². The molecule has 308 valence electrons. The standard InChI is InChI=1S/C54H67NO2Si2/c1-42(2)55(43(3)4)40-47(45-26-16-11-17-27-45)39-46-38-44(41-56-58(53(5,6)7,48-28-18-12-19-29-48)49-30-20-13-21-31-49)36-37-52(46)57-59(54(8,9)10,50-32-22-14-23-33-50)51-34-24-15-25-35-51/h11-38,42-43,47H,39-41H2,1-10H3. The van der Waals surface area contributed by atoms with E-state index in [1.807, 2.05) is 0 Å². The summed E-state index contributed by atoms with van der Waals surface area (Å²) in [7, 11) is -5.71. The summed E-state index contributed by atoms with van der Waals surface area (Å²) < 4.78 is 15.4. The van der Waals surface area contributed by atoms with Crippen molar-refractivity contribution in [3.63, 3.8) is 0 Å². The highest BCUT2D eigenvalue weighted by Crippen LogP contribution is 2.41. The predicted molar refractivity (Wildman–Crippen MR) is 257 cm³/mol. The van der Waals surface area contributed by atoms with Crippen molar-refractivity contribution < 1.29 is 8.85 Å². The number of hydrogen-bond donors (Lipinski definition) is 0. The van der Waals surface area contributed by atoms with Crippen molar-refractivity contribution in [2.45, 2.75) is 110 Å². The highest BCUT2D eigenvalue weighted by Gasteiger charge is 2.53. The van der Waals surface area contributed by atoms with Crippen LogP contribution in [0, 0.1) is 0 Å². The minimum Gasteiger partial charge on any atom is -0.534 e. The summed E-state index contributed by atoms with van der Waals surface area (Å²) in [5.41, 5.74) is 3.74. The molecule has 1 atom stereocenters. The van der Waals surface area contributed by atoms with E-state index in [-0.39, 0.29) is 16.0 Å². The van der Waals surface area contributed by atoms with Gasteiger partial charge in [-0.05, 0) is 93.8 Å². The molecular formula is C54H67NO2Si2. The molecule has 3 nitrogen and oxygen atoms in total. The van der Waals surface area contributed by atoms with E-state index in [0.717, 1.165) is 18.7 Å². The lowest BCUT2D eigenvalue weighted by atomic mass is 9.89. The summed E-state index contributed by atoms with van der Waals surface area (Å²) in [6.45, 7) is 24.9. The summed E-state index contributed by atoms with van der Waals surface area (Å²) >= 11 is 0. The van der Waals surface area contributed by atoms with Crippen molar-refractivity contribution in [3.8, 4) is 5.75 Å². The zero-order valence-electron chi connectivity index (χ0n) is 37.3. The normalized spacial score (nSPS) is 13.2. The number of hydrogen-bond acceptors (Lipinski definition) is 3. The summed E-state index contributed by atoms with van der Waals surface area (Å²) in [6, 6.07) is 62.9. The molecule has 0 saturated heterocycles. The fraction of sp³-hybridized carbons (Fsp3) is 0.333. The van der Waals surface area contributed by atoms with Gasteiger partial charge in [-0.2, -0.15) is 0 Å². The molecule has 1 unspecified atom stereocenters. The highest BCUT2D eigenvalue weighted by atomic mass is 28.4. The van der Waals surface area contributed by atoms with Crippen LogP contribution >= 0.6 is 0 Å². The van der Waals surface area contributed by atoms with E-state index in [4.69, 9.17) is 8.85 Å². The van der Waals surface area contributed by atoms with E-state index in [2.05, 4.69) is 244 Å². The van der Waals surface area contributed by atoms with E-state index >= 15 is 0 Å². The molecule has 0 saturated carbocycles. The number of nitrogens with zero attached hydrogens (tertiary/aromatic N) is 1. The Kier molecular flexibility index (Phi) is 14.0. The second-order valence-electron chi connectivity index (χ2n) is 18.9. The first kappa shape index (κ1) is 44.0. The first-order valence-electron chi connectivity index (χ1n) is 21.6. The summed E-state index contributed by atoms with van der Waals surface area (Å²) in [5.74, 6) is 1.21. The first-order chi connectivity index (χ1) is 28.2. The van der Waals surface area contributed by atoms with Gasteiger partial charge in [0.15, 0.2) is 0 Å². The SMILES string of the molecule is CC(C)N(CC(Cc1cc(CO[Si](c2ccccc2)(c2ccccc2)C(C)(C)C)ccc1O[Si](c1ccccc1)(c1ccccc1)C(C)(C)C)c1ccccc1)C(C)C. The molecule has 0 aliphatic carbocycles. The average molecular weight is 818 g/mol. The second kappa shape index (κ2) is 18.8. The first-order valence-corrected chi connectivity index (χ1v) is 25.5. The van der Waals surface area contributed by atoms with Crippen LogP contribution in [0.4, 0.5) is 0 Å². The van der Waals surface area contributed by atoms with Gasteiger partial charge in [0.05, 0.1) is 6.61 Å². The molecule has 0 radical (unpaired) electrons. The van der Waals surface area contributed by atoms with Crippen molar-refractivity contribution in [2.75, 3.05) is 6.54 Å². The monoisotopic (exact) mass is 817 g/mol. The van der Waals surface area contributed by atoms with Gasteiger partial charge in [0.2, 0.25) is 0 Å². The predicted octanol–water partition coefficient (Wildman–Crippen LogP) is 11.1. The van der Waals surface area contributed by atoms with Crippen LogP contribution < -0.4 is 25.2 Å². The van der Waals surface area contributed by atoms with E-state index in [0.29, 0.717) is 18.7 Å². The van der Waals surface area contributed by atoms with Gasteiger partial charge in [-0.1, -0.05) is 199 Å². The van der Waals surface area contributed by atoms with Gasteiger partial charge >= 0.3 is 8.32 Å². The Morgan fingerprint density at radius 2 is 0.881 bits per heavy atom. The van der Waals surface area contributed by atoms with Crippen LogP contribution in [0.3, 0.4) is 0 Å².